The Morgan fingerprint density at radius 2 is 1.64 bits per heavy atom. The molecule has 144 valence electrons. The van der Waals surface area contributed by atoms with Gasteiger partial charge >= 0.3 is 6.18 Å². The monoisotopic (exact) mass is 387 g/mol. The van der Waals surface area contributed by atoms with Gasteiger partial charge in [-0.1, -0.05) is 6.07 Å². The van der Waals surface area contributed by atoms with Gasteiger partial charge in [-0.25, -0.2) is 4.98 Å². The fraction of sp³-hybridized carbons (Fsp3) is 0.105. The first kappa shape index (κ1) is 19.2. The standard InChI is InChI=1S/C19H16F3N5O/c1-12(28)24-15-3-2-4-16(11-15)25-17-9-10-23-18(27-17)26-14-7-5-13(6-8-14)19(20,21)22/h2-11H,1H3,(H,24,28)(H2,23,25,26,27). The van der Waals surface area contributed by atoms with Crippen LogP contribution < -0.4 is 16.0 Å². The minimum atomic E-state index is -4.38. The highest BCUT2D eigenvalue weighted by molar-refractivity contribution is 5.89. The molecule has 1 heterocycles. The molecule has 0 radical (unpaired) electrons. The average molecular weight is 387 g/mol. The van der Waals surface area contributed by atoms with Gasteiger partial charge < -0.3 is 16.0 Å². The Balaban J connectivity index is 1.71. The zero-order chi connectivity index (χ0) is 20.1. The summed E-state index contributed by atoms with van der Waals surface area (Å²) in [5, 5.41) is 8.63. The lowest BCUT2D eigenvalue weighted by molar-refractivity contribution is -0.137. The highest BCUT2D eigenvalue weighted by atomic mass is 19.4. The summed E-state index contributed by atoms with van der Waals surface area (Å²) in [5.41, 5.74) is 1.03. The number of anilines is 5. The smallest absolute Gasteiger partial charge is 0.340 e. The normalized spacial score (nSPS) is 11.0. The van der Waals surface area contributed by atoms with E-state index < -0.39 is 11.7 Å². The summed E-state index contributed by atoms with van der Waals surface area (Å²) >= 11 is 0. The predicted octanol–water partition coefficient (Wildman–Crippen LogP) is 4.94. The first-order valence-corrected chi connectivity index (χ1v) is 8.21. The Morgan fingerprint density at radius 3 is 2.32 bits per heavy atom. The zero-order valence-electron chi connectivity index (χ0n) is 14.7. The van der Waals surface area contributed by atoms with E-state index in [-0.39, 0.29) is 11.9 Å². The van der Waals surface area contributed by atoms with Crippen LogP contribution in [0.15, 0.2) is 60.8 Å². The van der Waals surface area contributed by atoms with Gasteiger partial charge in [0.2, 0.25) is 11.9 Å². The second-order valence-electron chi connectivity index (χ2n) is 5.85. The van der Waals surface area contributed by atoms with E-state index in [1.165, 1.54) is 25.3 Å². The number of amides is 1. The van der Waals surface area contributed by atoms with Gasteiger partial charge in [0.05, 0.1) is 5.56 Å². The summed E-state index contributed by atoms with van der Waals surface area (Å²) in [7, 11) is 0. The molecule has 0 spiro atoms. The maximum absolute atomic E-state index is 12.6. The number of benzene rings is 2. The Morgan fingerprint density at radius 1 is 0.929 bits per heavy atom. The van der Waals surface area contributed by atoms with Crippen LogP contribution >= 0.6 is 0 Å². The molecule has 3 N–H and O–H groups in total. The number of carbonyl (C=O) groups excluding carboxylic acids is 1. The van der Waals surface area contributed by atoms with Crippen LogP contribution in [-0.2, 0) is 11.0 Å². The van der Waals surface area contributed by atoms with Gasteiger partial charge in [0.25, 0.3) is 0 Å². The van der Waals surface area contributed by atoms with Crippen LogP contribution in [0.25, 0.3) is 0 Å². The van der Waals surface area contributed by atoms with Gasteiger partial charge in [0.1, 0.15) is 5.82 Å². The van der Waals surface area contributed by atoms with Gasteiger partial charge in [0.15, 0.2) is 0 Å². The van der Waals surface area contributed by atoms with Crippen molar-refractivity contribution in [2.75, 3.05) is 16.0 Å². The van der Waals surface area contributed by atoms with Gasteiger partial charge in [-0.2, -0.15) is 18.2 Å². The third kappa shape index (κ3) is 5.19. The third-order valence-corrected chi connectivity index (χ3v) is 3.58. The van der Waals surface area contributed by atoms with Crippen LogP contribution in [0, 0.1) is 0 Å². The predicted molar refractivity (Wildman–Crippen MR) is 101 cm³/mol. The molecule has 0 aliphatic carbocycles. The Bertz CT molecular complexity index is 974. The molecule has 2 aromatic carbocycles. The largest absolute Gasteiger partial charge is 0.416 e. The number of hydrogen-bond donors (Lipinski definition) is 3. The van der Waals surface area contributed by atoms with Crippen molar-refractivity contribution in [3.8, 4) is 0 Å². The molecular weight excluding hydrogens is 371 g/mol. The van der Waals surface area contributed by atoms with Gasteiger partial charge in [-0.15, -0.1) is 0 Å². The lowest BCUT2D eigenvalue weighted by atomic mass is 10.2. The Labute approximate surface area is 158 Å². The minimum absolute atomic E-state index is 0.179. The zero-order valence-corrected chi connectivity index (χ0v) is 14.7. The number of hydrogen-bond acceptors (Lipinski definition) is 5. The van der Waals surface area contributed by atoms with E-state index in [4.69, 9.17) is 0 Å². The molecule has 1 aromatic heterocycles. The van der Waals surface area contributed by atoms with Crippen molar-refractivity contribution in [2.45, 2.75) is 13.1 Å². The molecule has 3 rings (SSSR count). The molecule has 28 heavy (non-hydrogen) atoms. The van der Waals surface area contributed by atoms with Crippen molar-refractivity contribution in [1.29, 1.82) is 0 Å². The number of nitrogens with zero attached hydrogens (tertiary/aromatic N) is 2. The molecule has 1 amide bonds. The summed E-state index contributed by atoms with van der Waals surface area (Å²) in [6.07, 6.45) is -2.87. The van der Waals surface area contributed by atoms with Crippen LogP contribution in [0.2, 0.25) is 0 Å². The van der Waals surface area contributed by atoms with Crippen LogP contribution in [-0.4, -0.2) is 15.9 Å². The fourth-order valence-electron chi connectivity index (χ4n) is 2.39. The van der Waals surface area contributed by atoms with Crippen molar-refractivity contribution in [2.24, 2.45) is 0 Å². The molecule has 0 bridgehead atoms. The van der Waals surface area contributed by atoms with Crippen LogP contribution in [0.3, 0.4) is 0 Å². The number of nitrogens with one attached hydrogen (secondary N) is 3. The summed E-state index contributed by atoms with van der Waals surface area (Å²) in [4.78, 5) is 19.5. The molecule has 0 saturated carbocycles. The van der Waals surface area contributed by atoms with E-state index in [0.29, 0.717) is 22.9 Å². The van der Waals surface area contributed by atoms with Crippen molar-refractivity contribution >= 4 is 34.7 Å². The van der Waals surface area contributed by atoms with Crippen molar-refractivity contribution in [1.82, 2.24) is 9.97 Å². The van der Waals surface area contributed by atoms with Crippen molar-refractivity contribution in [3.05, 3.63) is 66.4 Å². The summed E-state index contributed by atoms with van der Waals surface area (Å²) in [6, 6.07) is 13.3. The van der Waals surface area contributed by atoms with Crippen LogP contribution in [0.4, 0.5) is 42.0 Å². The molecule has 0 atom stereocenters. The van der Waals surface area contributed by atoms with E-state index in [1.54, 1.807) is 30.3 Å². The SMILES string of the molecule is CC(=O)Nc1cccc(Nc2ccnc(Nc3ccc(C(F)(F)F)cc3)n2)c1. The summed E-state index contributed by atoms with van der Waals surface area (Å²) in [5.74, 6) is 0.523. The third-order valence-electron chi connectivity index (χ3n) is 3.58. The summed E-state index contributed by atoms with van der Waals surface area (Å²) in [6.45, 7) is 1.42. The number of halogens is 3. The van der Waals surface area contributed by atoms with Crippen molar-refractivity contribution in [3.63, 3.8) is 0 Å². The lowest BCUT2D eigenvalue weighted by Crippen LogP contribution is -2.06. The first-order valence-electron chi connectivity index (χ1n) is 8.21. The maximum atomic E-state index is 12.6. The Hall–Kier alpha value is -3.62. The number of carbonyl (C=O) groups is 1. The molecule has 3 aromatic rings. The molecule has 0 aliphatic rings. The quantitative estimate of drug-likeness (QED) is 0.578. The maximum Gasteiger partial charge on any atom is 0.416 e. The molecule has 0 saturated heterocycles. The van der Waals surface area contributed by atoms with E-state index in [1.807, 2.05) is 0 Å². The summed E-state index contributed by atoms with van der Waals surface area (Å²) < 4.78 is 37.9. The van der Waals surface area contributed by atoms with Crippen LogP contribution in [0.5, 0.6) is 0 Å². The molecule has 0 aliphatic heterocycles. The van der Waals surface area contributed by atoms with Gasteiger partial charge in [-0.05, 0) is 48.5 Å². The van der Waals surface area contributed by atoms with E-state index in [2.05, 4.69) is 25.9 Å². The van der Waals surface area contributed by atoms with Crippen molar-refractivity contribution < 1.29 is 18.0 Å². The van der Waals surface area contributed by atoms with Gasteiger partial charge in [0, 0.05) is 30.2 Å². The Kier molecular flexibility index (Phi) is 5.44. The molecular formula is C19H16F3N5O. The topological polar surface area (TPSA) is 78.9 Å². The van der Waals surface area contributed by atoms with E-state index in [0.717, 1.165) is 12.1 Å². The molecule has 9 heteroatoms. The van der Waals surface area contributed by atoms with Crippen LogP contribution in [0.1, 0.15) is 12.5 Å². The lowest BCUT2D eigenvalue weighted by Gasteiger charge is -2.11. The molecule has 6 nitrogen and oxygen atoms in total. The highest BCUT2D eigenvalue weighted by Crippen LogP contribution is 2.30. The first-order chi connectivity index (χ1) is 13.3. The minimum Gasteiger partial charge on any atom is -0.340 e. The van der Waals surface area contributed by atoms with E-state index in [9.17, 15) is 18.0 Å². The van der Waals surface area contributed by atoms with Gasteiger partial charge in [-0.3, -0.25) is 4.79 Å². The second kappa shape index (κ2) is 7.95. The number of alkyl halides is 3. The molecule has 0 unspecified atom stereocenters. The molecule has 0 fully saturated rings. The average Bonchev–Trinajstić information content (AvgIpc) is 2.61. The number of rotatable bonds is 5. The highest BCUT2D eigenvalue weighted by Gasteiger charge is 2.29. The second-order valence-corrected chi connectivity index (χ2v) is 5.85. The van der Waals surface area contributed by atoms with E-state index >= 15 is 0 Å². The number of aromatic nitrogens is 2. The fourth-order valence-corrected chi connectivity index (χ4v) is 2.39.